The Kier molecular flexibility index (Phi) is 4.72. The predicted octanol–water partition coefficient (Wildman–Crippen LogP) is 6.64. The van der Waals surface area contributed by atoms with E-state index in [0.29, 0.717) is 11.3 Å². The lowest BCUT2D eigenvalue weighted by Crippen LogP contribution is -2.16. The number of hydrogen-bond donors (Lipinski definition) is 0. The molecule has 0 amide bonds. The molecule has 0 aliphatic rings. The molecule has 5 heteroatoms. The zero-order valence-corrected chi connectivity index (χ0v) is 14.6. The number of rotatable bonds is 3. The lowest BCUT2D eigenvalue weighted by Gasteiger charge is -2.27. The molecular weight excluding hydrogens is 342 g/mol. The second-order valence-corrected chi connectivity index (χ2v) is 6.28. The van der Waals surface area contributed by atoms with Crippen LogP contribution >= 0.6 is 0 Å². The highest BCUT2D eigenvalue weighted by Crippen LogP contribution is 2.40. The number of nitrogens with zero attached hydrogens (tertiary/aromatic N) is 1. The first-order valence-electron chi connectivity index (χ1n) is 8.06. The quantitative estimate of drug-likeness (QED) is 0.474. The third-order valence-electron chi connectivity index (χ3n) is 4.17. The first-order valence-corrected chi connectivity index (χ1v) is 8.06. The molecule has 0 aromatic heterocycles. The average molecular weight is 359 g/mol. The van der Waals surface area contributed by atoms with Crippen molar-refractivity contribution in [1.82, 2.24) is 0 Å². The Labute approximate surface area is 149 Å². The van der Waals surface area contributed by atoms with Crippen molar-refractivity contribution in [2.45, 2.75) is 20.8 Å². The topological polar surface area (TPSA) is 3.24 Å². The highest BCUT2D eigenvalue weighted by molar-refractivity contribution is 5.78. The van der Waals surface area contributed by atoms with Gasteiger partial charge in [-0.3, -0.25) is 0 Å². The van der Waals surface area contributed by atoms with Crippen LogP contribution in [0, 0.1) is 44.0 Å². The minimum absolute atomic E-state index is 0.111. The van der Waals surface area contributed by atoms with Crippen LogP contribution in [0.1, 0.15) is 16.7 Å². The van der Waals surface area contributed by atoms with Crippen LogP contribution in [0.4, 0.5) is 34.6 Å². The summed E-state index contributed by atoms with van der Waals surface area (Å²) >= 11 is 0. The van der Waals surface area contributed by atoms with Crippen LogP contribution in [0.3, 0.4) is 0 Å². The second kappa shape index (κ2) is 6.83. The summed E-state index contributed by atoms with van der Waals surface area (Å²) in [5, 5.41) is 0. The molecule has 0 heterocycles. The Morgan fingerprint density at radius 3 is 1.81 bits per heavy atom. The average Bonchev–Trinajstić information content (AvgIpc) is 2.58. The second-order valence-electron chi connectivity index (χ2n) is 6.28. The molecule has 0 unspecified atom stereocenters. The number of benzene rings is 3. The van der Waals surface area contributed by atoms with Gasteiger partial charge in [0, 0.05) is 5.69 Å². The van der Waals surface area contributed by atoms with E-state index in [-0.39, 0.29) is 11.3 Å². The summed E-state index contributed by atoms with van der Waals surface area (Å²) < 4.78 is 58.0. The Hall–Kier alpha value is -2.82. The summed E-state index contributed by atoms with van der Waals surface area (Å²) in [5.41, 5.74) is 1.02. The van der Waals surface area contributed by atoms with E-state index in [4.69, 9.17) is 0 Å². The Morgan fingerprint density at radius 2 is 1.23 bits per heavy atom. The summed E-state index contributed by atoms with van der Waals surface area (Å²) in [7, 11) is 0. The van der Waals surface area contributed by atoms with E-state index in [1.54, 1.807) is 31.2 Å². The maximum atomic E-state index is 14.6. The standard InChI is InChI=1S/C21H17F4N/c1-12-4-7-15(8-5-12)26(18-9-6-14(3)19(24)20(18)25)21-16(22)10-13(2)11-17(21)23/h4-11H,1-3H3. The van der Waals surface area contributed by atoms with Crippen molar-refractivity contribution >= 4 is 17.1 Å². The molecule has 0 saturated carbocycles. The predicted molar refractivity (Wildman–Crippen MR) is 95.2 cm³/mol. The first kappa shape index (κ1) is 18.0. The molecule has 134 valence electrons. The SMILES string of the molecule is Cc1ccc(N(c2ccc(C)c(F)c2F)c2c(F)cc(C)cc2F)cc1. The summed E-state index contributed by atoms with van der Waals surface area (Å²) in [4.78, 5) is 1.06. The highest BCUT2D eigenvalue weighted by atomic mass is 19.2. The van der Waals surface area contributed by atoms with Gasteiger partial charge in [0.05, 0.1) is 5.69 Å². The van der Waals surface area contributed by atoms with E-state index in [1.807, 2.05) is 6.92 Å². The molecule has 0 bridgehead atoms. The molecule has 0 N–H and O–H groups in total. The monoisotopic (exact) mass is 359 g/mol. The van der Waals surface area contributed by atoms with Gasteiger partial charge in [-0.25, -0.2) is 17.6 Å². The van der Waals surface area contributed by atoms with Crippen molar-refractivity contribution in [3.8, 4) is 0 Å². The van der Waals surface area contributed by atoms with Crippen molar-refractivity contribution in [2.75, 3.05) is 4.90 Å². The Bertz CT molecular complexity index is 941. The molecule has 1 nitrogen and oxygen atoms in total. The normalized spacial score (nSPS) is 10.9. The minimum Gasteiger partial charge on any atom is -0.302 e. The summed E-state index contributed by atoms with van der Waals surface area (Å²) in [6.07, 6.45) is 0. The molecule has 0 saturated heterocycles. The van der Waals surface area contributed by atoms with Crippen molar-refractivity contribution in [1.29, 1.82) is 0 Å². The van der Waals surface area contributed by atoms with E-state index in [1.165, 1.54) is 19.1 Å². The van der Waals surface area contributed by atoms with Gasteiger partial charge in [0.1, 0.15) is 17.3 Å². The molecule has 3 rings (SSSR count). The smallest absolute Gasteiger partial charge is 0.183 e. The van der Waals surface area contributed by atoms with Crippen LogP contribution in [0.2, 0.25) is 0 Å². The number of halogens is 4. The lowest BCUT2D eigenvalue weighted by atomic mass is 10.1. The summed E-state index contributed by atoms with van der Waals surface area (Å²) in [6.45, 7) is 4.83. The maximum Gasteiger partial charge on any atom is 0.183 e. The van der Waals surface area contributed by atoms with Crippen LogP contribution in [-0.4, -0.2) is 0 Å². The number of hydrogen-bond acceptors (Lipinski definition) is 1. The van der Waals surface area contributed by atoms with Gasteiger partial charge in [0.15, 0.2) is 11.6 Å². The van der Waals surface area contributed by atoms with Gasteiger partial charge in [0.25, 0.3) is 0 Å². The van der Waals surface area contributed by atoms with Crippen LogP contribution in [0.15, 0.2) is 48.5 Å². The largest absolute Gasteiger partial charge is 0.302 e. The molecule has 0 radical (unpaired) electrons. The van der Waals surface area contributed by atoms with Gasteiger partial charge >= 0.3 is 0 Å². The van der Waals surface area contributed by atoms with Crippen molar-refractivity contribution in [2.24, 2.45) is 0 Å². The molecule has 0 aliphatic heterocycles. The third kappa shape index (κ3) is 3.17. The van der Waals surface area contributed by atoms with Gasteiger partial charge in [0.2, 0.25) is 0 Å². The Morgan fingerprint density at radius 1 is 0.654 bits per heavy atom. The zero-order valence-electron chi connectivity index (χ0n) is 14.6. The van der Waals surface area contributed by atoms with E-state index >= 15 is 0 Å². The molecule has 26 heavy (non-hydrogen) atoms. The fourth-order valence-corrected chi connectivity index (χ4v) is 2.80. The van der Waals surface area contributed by atoms with Crippen molar-refractivity contribution < 1.29 is 17.6 Å². The van der Waals surface area contributed by atoms with Gasteiger partial charge in [-0.1, -0.05) is 23.8 Å². The van der Waals surface area contributed by atoms with Gasteiger partial charge in [-0.05, 0) is 62.2 Å². The molecule has 0 atom stereocenters. The first-order chi connectivity index (χ1) is 12.3. The molecule has 3 aromatic carbocycles. The Balaban J connectivity index is 2.32. The lowest BCUT2D eigenvalue weighted by molar-refractivity contribution is 0.503. The van der Waals surface area contributed by atoms with E-state index in [0.717, 1.165) is 22.6 Å². The third-order valence-corrected chi connectivity index (χ3v) is 4.17. The van der Waals surface area contributed by atoms with Crippen molar-refractivity contribution in [3.05, 3.63) is 88.5 Å². The fourth-order valence-electron chi connectivity index (χ4n) is 2.80. The fraction of sp³-hybridized carbons (Fsp3) is 0.143. The van der Waals surface area contributed by atoms with Crippen LogP contribution in [0.5, 0.6) is 0 Å². The van der Waals surface area contributed by atoms with E-state index in [2.05, 4.69) is 0 Å². The van der Waals surface area contributed by atoms with Gasteiger partial charge in [-0.2, -0.15) is 0 Å². The van der Waals surface area contributed by atoms with E-state index < -0.39 is 29.0 Å². The van der Waals surface area contributed by atoms with E-state index in [9.17, 15) is 17.6 Å². The minimum atomic E-state index is -1.16. The van der Waals surface area contributed by atoms with Crippen LogP contribution in [-0.2, 0) is 0 Å². The molecular formula is C21H17F4N. The highest BCUT2D eigenvalue weighted by Gasteiger charge is 2.25. The molecule has 0 fully saturated rings. The molecule has 0 aliphatic carbocycles. The summed E-state index contributed by atoms with van der Waals surface area (Å²) in [5.74, 6) is -3.93. The number of anilines is 3. The van der Waals surface area contributed by atoms with Crippen LogP contribution in [0.25, 0.3) is 0 Å². The summed E-state index contributed by atoms with van der Waals surface area (Å²) in [6, 6.07) is 11.7. The molecule has 0 spiro atoms. The molecule has 3 aromatic rings. The van der Waals surface area contributed by atoms with Gasteiger partial charge < -0.3 is 4.90 Å². The zero-order chi connectivity index (χ0) is 19.0. The van der Waals surface area contributed by atoms with Crippen molar-refractivity contribution in [3.63, 3.8) is 0 Å². The van der Waals surface area contributed by atoms with Crippen LogP contribution < -0.4 is 4.90 Å². The van der Waals surface area contributed by atoms with Gasteiger partial charge in [-0.15, -0.1) is 0 Å². The maximum absolute atomic E-state index is 14.6. The number of aryl methyl sites for hydroxylation is 3.